The molecule has 0 aromatic heterocycles. The first kappa shape index (κ1) is 28.2. The Balaban J connectivity index is 1.29. The van der Waals surface area contributed by atoms with Gasteiger partial charge in [-0.05, 0) is 86.5 Å². The second kappa shape index (κ2) is 10.4. The van der Waals surface area contributed by atoms with E-state index in [0.29, 0.717) is 29.7 Å². The van der Waals surface area contributed by atoms with Gasteiger partial charge in [0.15, 0.2) is 6.10 Å². The van der Waals surface area contributed by atoms with E-state index in [4.69, 9.17) is 4.74 Å². The first-order chi connectivity index (χ1) is 18.6. The Bertz CT molecular complexity index is 927. The molecular weight excluding hydrogens is 488 g/mol. The van der Waals surface area contributed by atoms with Gasteiger partial charge in [-0.25, -0.2) is 0 Å². The molecule has 4 aliphatic carbocycles. The predicted molar refractivity (Wildman–Crippen MR) is 153 cm³/mol. The van der Waals surface area contributed by atoms with Crippen molar-refractivity contribution in [1.82, 2.24) is 4.90 Å². The number of carbonyl (C=O) groups excluding carboxylic acids is 1. The second-order valence-electron chi connectivity index (χ2n) is 15.2. The Labute approximate surface area is 236 Å². The second-order valence-corrected chi connectivity index (χ2v) is 15.2. The average Bonchev–Trinajstić information content (AvgIpc) is 3.48. The minimum absolute atomic E-state index is 0.00485. The van der Waals surface area contributed by atoms with Crippen LogP contribution in [0.3, 0.4) is 0 Å². The van der Waals surface area contributed by atoms with Crippen molar-refractivity contribution in [2.24, 2.45) is 34.5 Å². The summed E-state index contributed by atoms with van der Waals surface area (Å²) in [7, 11) is 0. The van der Waals surface area contributed by atoms with Gasteiger partial charge >= 0.3 is 5.97 Å². The predicted octanol–water partition coefficient (Wildman–Crippen LogP) is 4.53. The van der Waals surface area contributed by atoms with Gasteiger partial charge in [-0.1, -0.05) is 20.4 Å². The van der Waals surface area contributed by atoms with Crippen molar-refractivity contribution >= 4 is 5.97 Å². The molecule has 6 aliphatic rings. The molecule has 6 nitrogen and oxygen atoms in total. The van der Waals surface area contributed by atoms with Crippen molar-refractivity contribution in [3.05, 3.63) is 12.7 Å². The van der Waals surface area contributed by atoms with Crippen LogP contribution in [0.25, 0.3) is 0 Å². The Morgan fingerprint density at radius 2 is 1.74 bits per heavy atom. The van der Waals surface area contributed by atoms with Crippen LogP contribution >= 0.6 is 0 Å². The molecule has 6 rings (SSSR count). The Morgan fingerprint density at radius 3 is 2.41 bits per heavy atom. The number of ether oxygens (including phenoxy) is 1. The van der Waals surface area contributed by atoms with Gasteiger partial charge in [-0.2, -0.15) is 0 Å². The van der Waals surface area contributed by atoms with Crippen LogP contribution in [0.4, 0.5) is 0 Å². The lowest BCUT2D eigenvalue weighted by Gasteiger charge is -2.62. The van der Waals surface area contributed by atoms with Gasteiger partial charge in [0.05, 0.1) is 31.8 Å². The number of rotatable bonds is 5. The lowest BCUT2D eigenvalue weighted by molar-refractivity contribution is -0.937. The first-order valence-corrected chi connectivity index (χ1v) is 16.4. The van der Waals surface area contributed by atoms with Crippen molar-refractivity contribution in [2.45, 2.75) is 122 Å². The van der Waals surface area contributed by atoms with Crippen LogP contribution in [0, 0.1) is 34.5 Å². The number of piperidine rings is 1. The summed E-state index contributed by atoms with van der Waals surface area (Å²) in [6.07, 6.45) is 14.0. The van der Waals surface area contributed by atoms with Crippen molar-refractivity contribution in [1.29, 1.82) is 0 Å². The van der Waals surface area contributed by atoms with Gasteiger partial charge in [0.1, 0.15) is 6.04 Å². The number of carbonyl (C=O) groups is 1. The third-order valence-electron chi connectivity index (χ3n) is 13.5. The third-order valence-corrected chi connectivity index (χ3v) is 13.5. The van der Waals surface area contributed by atoms with Crippen LogP contribution < -0.4 is 0 Å². The van der Waals surface area contributed by atoms with Crippen molar-refractivity contribution < 1.29 is 24.2 Å². The summed E-state index contributed by atoms with van der Waals surface area (Å²) >= 11 is 0. The first-order valence-electron chi connectivity index (χ1n) is 16.4. The minimum Gasteiger partial charge on any atom is -0.456 e. The molecule has 6 heteroatoms. The molecule has 0 spiro atoms. The standard InChI is InChI=1S/C33H55N2O4/c1-5-16-35(17-6-7-18-35)29-20-27-25-9-8-23-19-30(38)28(34-14-11-24(37)12-15-34)21-33(23,4)26(25)10-13-32(27,3)31(29)39-22(2)36/h5,23-31,37-38H,1,6-21H2,2-4H3/q+1/t23-,25?,26?,27?,28-,29-,30-,31-,32-,33-/m0/s1. The molecule has 0 amide bonds. The summed E-state index contributed by atoms with van der Waals surface area (Å²) in [5.74, 6) is 2.45. The number of esters is 1. The SMILES string of the molecule is C=CC[N+]1([C@H]2CC3C4CC[C@H]5C[C@H](O)[C@@H](N6CCC(O)CC6)C[C@]5(C)C4CC[C@]3(C)[C@H]2OC(C)=O)CCCC1. The van der Waals surface area contributed by atoms with Gasteiger partial charge in [-0.3, -0.25) is 9.69 Å². The van der Waals surface area contributed by atoms with Gasteiger partial charge in [0, 0.05) is 50.7 Å². The van der Waals surface area contributed by atoms with E-state index in [2.05, 4.69) is 31.4 Å². The summed E-state index contributed by atoms with van der Waals surface area (Å²) in [5, 5.41) is 21.4. The molecule has 220 valence electrons. The summed E-state index contributed by atoms with van der Waals surface area (Å²) in [6.45, 7) is 16.0. The van der Waals surface area contributed by atoms with E-state index in [9.17, 15) is 15.0 Å². The average molecular weight is 544 g/mol. The zero-order valence-corrected chi connectivity index (χ0v) is 24.9. The largest absolute Gasteiger partial charge is 0.456 e. The number of fused-ring (bicyclic) bond motifs is 5. The normalized spacial score (nSPS) is 48.1. The number of aliphatic hydroxyl groups is 2. The molecule has 6 fully saturated rings. The Hall–Kier alpha value is -0.950. The van der Waals surface area contributed by atoms with Gasteiger partial charge in [-0.15, -0.1) is 0 Å². The molecule has 3 unspecified atom stereocenters. The fraction of sp³-hybridized carbons (Fsp3) is 0.909. The number of nitrogens with zero attached hydrogens (tertiary/aromatic N) is 2. The van der Waals surface area contributed by atoms with E-state index >= 15 is 0 Å². The summed E-state index contributed by atoms with van der Waals surface area (Å²) in [4.78, 5) is 15.0. The maximum absolute atomic E-state index is 12.5. The molecule has 0 bridgehead atoms. The van der Waals surface area contributed by atoms with E-state index in [1.807, 2.05) is 0 Å². The number of quaternary nitrogens is 1. The van der Waals surface area contributed by atoms with Gasteiger partial charge in [0.25, 0.3) is 0 Å². The fourth-order valence-corrected chi connectivity index (χ4v) is 11.6. The van der Waals surface area contributed by atoms with Crippen molar-refractivity contribution in [3.8, 4) is 0 Å². The number of aliphatic hydroxyl groups excluding tert-OH is 2. The highest BCUT2D eigenvalue weighted by Gasteiger charge is 2.67. The number of likely N-dealkylation sites (tertiary alicyclic amines) is 2. The molecule has 2 N–H and O–H groups in total. The molecule has 0 radical (unpaired) electrons. The van der Waals surface area contributed by atoms with E-state index in [-0.39, 0.29) is 41.2 Å². The lowest BCUT2D eigenvalue weighted by Crippen LogP contribution is -2.61. The lowest BCUT2D eigenvalue weighted by atomic mass is 9.44. The van der Waals surface area contributed by atoms with Gasteiger partial charge < -0.3 is 19.4 Å². The molecule has 2 heterocycles. The van der Waals surface area contributed by atoms with Crippen molar-refractivity contribution in [3.63, 3.8) is 0 Å². The van der Waals surface area contributed by atoms with E-state index in [0.717, 1.165) is 56.2 Å². The zero-order valence-electron chi connectivity index (χ0n) is 24.9. The zero-order chi connectivity index (χ0) is 27.6. The van der Waals surface area contributed by atoms with Gasteiger partial charge in [0.2, 0.25) is 0 Å². The monoisotopic (exact) mass is 543 g/mol. The highest BCUT2D eigenvalue weighted by Crippen LogP contribution is 2.67. The van der Waals surface area contributed by atoms with E-state index in [1.165, 1.54) is 51.6 Å². The molecule has 2 aliphatic heterocycles. The molecule has 0 aromatic rings. The van der Waals surface area contributed by atoms with Crippen LogP contribution in [0.1, 0.15) is 91.4 Å². The highest BCUT2D eigenvalue weighted by molar-refractivity contribution is 5.66. The van der Waals surface area contributed by atoms with E-state index in [1.54, 1.807) is 6.92 Å². The number of hydrogen-bond acceptors (Lipinski definition) is 5. The maximum Gasteiger partial charge on any atom is 0.303 e. The molecule has 2 saturated heterocycles. The quantitative estimate of drug-likeness (QED) is 0.303. The van der Waals surface area contributed by atoms with Crippen LogP contribution in [0.15, 0.2) is 12.7 Å². The summed E-state index contributed by atoms with van der Waals surface area (Å²) in [6, 6.07) is 0.608. The molecule has 10 atom stereocenters. The smallest absolute Gasteiger partial charge is 0.303 e. The Morgan fingerprint density at radius 1 is 1.03 bits per heavy atom. The molecule has 39 heavy (non-hydrogen) atoms. The highest BCUT2D eigenvalue weighted by atomic mass is 16.5. The maximum atomic E-state index is 12.5. The van der Waals surface area contributed by atoms with Crippen LogP contribution in [0.2, 0.25) is 0 Å². The number of hydrogen-bond donors (Lipinski definition) is 2. The fourth-order valence-electron chi connectivity index (χ4n) is 11.6. The summed E-state index contributed by atoms with van der Waals surface area (Å²) < 4.78 is 7.43. The molecule has 4 saturated carbocycles. The minimum atomic E-state index is -0.244. The van der Waals surface area contributed by atoms with Crippen molar-refractivity contribution in [2.75, 3.05) is 32.7 Å². The van der Waals surface area contributed by atoms with Crippen LogP contribution in [0.5, 0.6) is 0 Å². The van der Waals surface area contributed by atoms with Crippen LogP contribution in [-0.2, 0) is 9.53 Å². The summed E-state index contributed by atoms with van der Waals surface area (Å²) in [5.41, 5.74) is 0.298. The van der Waals surface area contributed by atoms with Crippen LogP contribution in [-0.4, -0.2) is 88.7 Å². The molecule has 0 aromatic carbocycles. The molecular formula is C33H55N2O4+. The third kappa shape index (κ3) is 4.55. The Kier molecular flexibility index (Phi) is 7.51. The van der Waals surface area contributed by atoms with E-state index < -0.39 is 0 Å². The topological polar surface area (TPSA) is 70.0 Å².